The van der Waals surface area contributed by atoms with Crippen LogP contribution in [0.2, 0.25) is 0 Å². The second-order valence-corrected chi connectivity index (χ2v) is 8.20. The predicted molar refractivity (Wildman–Crippen MR) is 128 cm³/mol. The van der Waals surface area contributed by atoms with Crippen molar-refractivity contribution in [3.8, 4) is 11.1 Å². The Morgan fingerprint density at radius 3 is 2.37 bits per heavy atom. The van der Waals surface area contributed by atoms with Gasteiger partial charge < -0.3 is 5.32 Å². The summed E-state index contributed by atoms with van der Waals surface area (Å²) in [4.78, 5) is 4.74. The summed E-state index contributed by atoms with van der Waals surface area (Å²) in [5.74, 6) is 0.875. The zero-order valence-electron chi connectivity index (χ0n) is 17.3. The van der Waals surface area contributed by atoms with E-state index < -0.39 is 0 Å². The summed E-state index contributed by atoms with van der Waals surface area (Å²) in [5, 5.41) is 4.18. The van der Waals surface area contributed by atoms with Crippen molar-refractivity contribution in [2.75, 3.05) is 5.32 Å². The van der Waals surface area contributed by atoms with Gasteiger partial charge in [0.25, 0.3) is 0 Å². The number of hydrogen-bond donors (Lipinski definition) is 1. The molecule has 152 valence electrons. The molecular weight excluding hydrogens is 386 g/mol. The van der Waals surface area contributed by atoms with Crippen LogP contribution in [0.5, 0.6) is 0 Å². The van der Waals surface area contributed by atoms with Crippen LogP contribution in [0.1, 0.15) is 43.1 Å². The minimum absolute atomic E-state index is 0.759. The molecule has 1 N–H and O–H groups in total. The third kappa shape index (κ3) is 5.14. The highest BCUT2D eigenvalue weighted by atomic mass is 32.1. The fraction of sp³-hybridized carbons (Fsp3) is 0.231. The Labute approximate surface area is 183 Å². The number of anilines is 2. The number of aromatic nitrogens is 2. The maximum absolute atomic E-state index is 4.74. The highest BCUT2D eigenvalue weighted by Crippen LogP contribution is 2.29. The molecule has 0 atom stereocenters. The van der Waals surface area contributed by atoms with Crippen LogP contribution in [0.3, 0.4) is 0 Å². The van der Waals surface area contributed by atoms with E-state index in [2.05, 4.69) is 65.1 Å². The monoisotopic (exact) mass is 413 g/mol. The molecule has 0 unspecified atom stereocenters. The molecule has 4 rings (SSSR count). The third-order valence-electron chi connectivity index (χ3n) is 5.23. The average Bonchev–Trinajstić information content (AvgIpc) is 3.23. The molecule has 0 radical (unpaired) electrons. The molecule has 0 saturated heterocycles. The molecule has 4 heteroatoms. The molecule has 30 heavy (non-hydrogen) atoms. The van der Waals surface area contributed by atoms with Gasteiger partial charge in [0.05, 0.1) is 0 Å². The van der Waals surface area contributed by atoms with E-state index in [1.165, 1.54) is 53.0 Å². The summed E-state index contributed by atoms with van der Waals surface area (Å²) in [7, 11) is 0. The Kier molecular flexibility index (Phi) is 6.88. The first kappa shape index (κ1) is 20.3. The summed E-state index contributed by atoms with van der Waals surface area (Å²) in [6.07, 6.45) is 5.54. The normalized spacial score (nSPS) is 10.8. The minimum Gasteiger partial charge on any atom is -0.330 e. The van der Waals surface area contributed by atoms with Gasteiger partial charge in [0, 0.05) is 23.6 Å². The van der Waals surface area contributed by atoms with Crippen LogP contribution in [-0.2, 0) is 12.8 Å². The van der Waals surface area contributed by atoms with Gasteiger partial charge in [-0.05, 0) is 47.2 Å². The summed E-state index contributed by atoms with van der Waals surface area (Å²) in [6, 6.07) is 27.5. The van der Waals surface area contributed by atoms with Crippen molar-refractivity contribution >= 4 is 22.4 Å². The number of benzene rings is 3. The Hall–Kier alpha value is -2.98. The van der Waals surface area contributed by atoms with Gasteiger partial charge in [0.2, 0.25) is 5.13 Å². The number of hydrogen-bond acceptors (Lipinski definition) is 4. The topological polar surface area (TPSA) is 37.8 Å². The van der Waals surface area contributed by atoms with Gasteiger partial charge in [-0.25, -0.2) is 4.98 Å². The van der Waals surface area contributed by atoms with E-state index >= 15 is 0 Å². The van der Waals surface area contributed by atoms with Crippen LogP contribution < -0.4 is 5.32 Å². The lowest BCUT2D eigenvalue weighted by Crippen LogP contribution is -2.01. The van der Waals surface area contributed by atoms with Gasteiger partial charge >= 0.3 is 0 Å². The molecule has 0 amide bonds. The first-order valence-corrected chi connectivity index (χ1v) is 11.4. The predicted octanol–water partition coefficient (Wildman–Crippen LogP) is 7.27. The highest BCUT2D eigenvalue weighted by Gasteiger charge is 2.13. The van der Waals surface area contributed by atoms with Crippen molar-refractivity contribution in [2.45, 2.75) is 39.0 Å². The van der Waals surface area contributed by atoms with Crippen molar-refractivity contribution in [3.63, 3.8) is 0 Å². The van der Waals surface area contributed by atoms with Gasteiger partial charge in [-0.15, -0.1) is 0 Å². The quantitative estimate of drug-likeness (QED) is 0.293. The van der Waals surface area contributed by atoms with Crippen molar-refractivity contribution in [2.24, 2.45) is 0 Å². The molecule has 0 bridgehead atoms. The molecule has 1 aromatic heterocycles. The van der Waals surface area contributed by atoms with E-state index in [9.17, 15) is 0 Å². The number of para-hydroxylation sites is 1. The van der Waals surface area contributed by atoms with Gasteiger partial charge in [-0.1, -0.05) is 86.5 Å². The smallest absolute Gasteiger partial charge is 0.207 e. The van der Waals surface area contributed by atoms with Crippen LogP contribution >= 0.6 is 11.5 Å². The molecule has 1 heterocycles. The standard InChI is InChI=1S/C26H27N3S/c1-2-3-6-17-24-21(14-11-18-23(24)20-12-7-4-8-13-20)19-25-28-26(30-29-25)27-22-15-9-5-10-16-22/h4-5,7-16,18H,2-3,6,17,19H2,1H3,(H,27,28,29). The molecule has 0 saturated carbocycles. The number of nitrogens with one attached hydrogen (secondary N) is 1. The maximum Gasteiger partial charge on any atom is 0.207 e. The molecule has 0 spiro atoms. The van der Waals surface area contributed by atoms with Gasteiger partial charge in [-0.2, -0.15) is 4.37 Å². The Balaban J connectivity index is 1.59. The second kappa shape index (κ2) is 10.2. The van der Waals surface area contributed by atoms with Gasteiger partial charge in [0.15, 0.2) is 0 Å². The zero-order chi connectivity index (χ0) is 20.6. The molecule has 3 aromatic carbocycles. The molecule has 4 aromatic rings. The molecule has 0 fully saturated rings. The summed E-state index contributed by atoms with van der Waals surface area (Å²) >= 11 is 1.42. The molecule has 0 aliphatic heterocycles. The van der Waals surface area contributed by atoms with Crippen LogP contribution in [0.4, 0.5) is 10.8 Å². The van der Waals surface area contributed by atoms with E-state index in [4.69, 9.17) is 4.98 Å². The van der Waals surface area contributed by atoms with E-state index in [0.29, 0.717) is 0 Å². The average molecular weight is 414 g/mol. The van der Waals surface area contributed by atoms with Crippen molar-refractivity contribution in [3.05, 3.63) is 95.8 Å². The first-order chi connectivity index (χ1) is 14.8. The maximum atomic E-state index is 4.74. The number of unbranched alkanes of at least 4 members (excludes halogenated alkanes) is 2. The zero-order valence-corrected chi connectivity index (χ0v) is 18.2. The Morgan fingerprint density at radius 1 is 0.833 bits per heavy atom. The highest BCUT2D eigenvalue weighted by molar-refractivity contribution is 7.09. The molecule has 3 nitrogen and oxygen atoms in total. The van der Waals surface area contributed by atoms with Crippen LogP contribution in [0.15, 0.2) is 78.9 Å². The van der Waals surface area contributed by atoms with Crippen molar-refractivity contribution in [1.29, 1.82) is 0 Å². The molecule has 0 aliphatic carbocycles. The summed E-state index contributed by atoms with van der Waals surface area (Å²) in [6.45, 7) is 2.25. The third-order valence-corrected chi connectivity index (χ3v) is 5.90. The Morgan fingerprint density at radius 2 is 1.60 bits per heavy atom. The fourth-order valence-electron chi connectivity index (χ4n) is 3.73. The van der Waals surface area contributed by atoms with Crippen molar-refractivity contribution in [1.82, 2.24) is 9.36 Å². The lowest BCUT2D eigenvalue weighted by Gasteiger charge is -2.15. The van der Waals surface area contributed by atoms with E-state index in [1.807, 2.05) is 30.3 Å². The Bertz CT molecular complexity index is 1060. The van der Waals surface area contributed by atoms with Crippen LogP contribution in [0, 0.1) is 0 Å². The first-order valence-electron chi connectivity index (χ1n) is 10.6. The van der Waals surface area contributed by atoms with Gasteiger partial charge in [0.1, 0.15) is 5.82 Å². The summed E-state index contributed by atoms with van der Waals surface area (Å²) in [5.41, 5.74) is 6.41. The molecule has 0 aliphatic rings. The van der Waals surface area contributed by atoms with Crippen molar-refractivity contribution < 1.29 is 0 Å². The number of nitrogens with zero attached hydrogens (tertiary/aromatic N) is 2. The van der Waals surface area contributed by atoms with Gasteiger partial charge in [-0.3, -0.25) is 0 Å². The summed E-state index contributed by atoms with van der Waals surface area (Å²) < 4.78 is 4.62. The van der Waals surface area contributed by atoms with Crippen LogP contribution in [-0.4, -0.2) is 9.36 Å². The SMILES string of the molecule is CCCCCc1c(Cc2nsc(Nc3ccccc3)n2)cccc1-c1ccccc1. The van der Waals surface area contributed by atoms with E-state index in [1.54, 1.807) is 0 Å². The van der Waals surface area contributed by atoms with Crippen LogP contribution in [0.25, 0.3) is 11.1 Å². The lowest BCUT2D eigenvalue weighted by atomic mass is 9.90. The minimum atomic E-state index is 0.759. The largest absolute Gasteiger partial charge is 0.330 e. The van der Waals surface area contributed by atoms with E-state index in [-0.39, 0.29) is 0 Å². The van der Waals surface area contributed by atoms with E-state index in [0.717, 1.165) is 29.5 Å². The fourth-order valence-corrected chi connectivity index (χ4v) is 4.33. The lowest BCUT2D eigenvalue weighted by molar-refractivity contribution is 0.714. The number of rotatable bonds is 9. The molecular formula is C26H27N3S. The second-order valence-electron chi connectivity index (χ2n) is 7.45.